The molecule has 3 amide bonds. The molecule has 3 rings (SSSR count). The highest BCUT2D eigenvalue weighted by Crippen LogP contribution is 2.26. The molecule has 1 fully saturated rings. The maximum atomic E-state index is 13.5. The average Bonchev–Trinajstić information content (AvgIpc) is 3.04. The number of nitrogens with zero attached hydrogens (tertiary/aromatic N) is 3. The van der Waals surface area contributed by atoms with Gasteiger partial charge in [0, 0.05) is 38.3 Å². The smallest absolute Gasteiger partial charge is 0.410 e. The van der Waals surface area contributed by atoms with Gasteiger partial charge in [-0.3, -0.25) is 19.3 Å². The fraction of sp³-hybridized carbons (Fsp3) is 0.528. The summed E-state index contributed by atoms with van der Waals surface area (Å²) in [6, 6.07) is 9.88. The molecule has 12 heteroatoms. The van der Waals surface area contributed by atoms with Crippen LogP contribution in [0.1, 0.15) is 58.2 Å². The van der Waals surface area contributed by atoms with Crippen molar-refractivity contribution in [3.63, 3.8) is 0 Å². The van der Waals surface area contributed by atoms with Crippen LogP contribution in [0.15, 0.2) is 36.5 Å². The lowest BCUT2D eigenvalue weighted by atomic mass is 9.96. The summed E-state index contributed by atoms with van der Waals surface area (Å²) < 4.78 is 21.1. The van der Waals surface area contributed by atoms with E-state index in [1.54, 1.807) is 38.9 Å². The number of carbonyl (C=O) groups is 4. The van der Waals surface area contributed by atoms with Crippen LogP contribution in [0.5, 0.6) is 0 Å². The van der Waals surface area contributed by atoms with Gasteiger partial charge in [0.25, 0.3) is 0 Å². The summed E-state index contributed by atoms with van der Waals surface area (Å²) in [7, 11) is 3.09. The molecule has 1 atom stereocenters. The van der Waals surface area contributed by atoms with E-state index in [4.69, 9.17) is 14.2 Å². The van der Waals surface area contributed by atoms with Crippen molar-refractivity contribution in [3.8, 4) is 23.0 Å². The highest BCUT2D eigenvalue weighted by molar-refractivity contribution is 5.95. The van der Waals surface area contributed by atoms with Crippen molar-refractivity contribution < 1.29 is 38.1 Å². The first-order valence-electron chi connectivity index (χ1n) is 16.2. The van der Waals surface area contributed by atoms with E-state index in [-0.39, 0.29) is 57.1 Å². The minimum absolute atomic E-state index is 0.00755. The molecule has 2 heterocycles. The molecular formula is C36H48N4O8. The Morgan fingerprint density at radius 2 is 1.88 bits per heavy atom. The molecule has 1 aliphatic heterocycles. The number of benzene rings is 1. The van der Waals surface area contributed by atoms with Crippen molar-refractivity contribution in [1.82, 2.24) is 14.8 Å². The summed E-state index contributed by atoms with van der Waals surface area (Å²) in [5.74, 6) is 5.02. The quantitative estimate of drug-likeness (QED) is 0.178. The fourth-order valence-electron chi connectivity index (χ4n) is 4.88. The third-order valence-corrected chi connectivity index (χ3v) is 7.49. The minimum atomic E-state index is -0.764. The van der Waals surface area contributed by atoms with Crippen LogP contribution in [0.2, 0.25) is 0 Å². The molecule has 2 aromatic rings. The first kappa shape index (κ1) is 38.0. The van der Waals surface area contributed by atoms with Gasteiger partial charge in [0.15, 0.2) is 0 Å². The van der Waals surface area contributed by atoms with Crippen LogP contribution in [-0.2, 0) is 39.8 Å². The predicted octanol–water partition coefficient (Wildman–Crippen LogP) is 4.30. The number of likely N-dealkylation sites (tertiary alicyclic amines) is 1. The number of ether oxygens (including phenoxy) is 4. The zero-order valence-corrected chi connectivity index (χ0v) is 28.9. The van der Waals surface area contributed by atoms with Crippen LogP contribution < -0.4 is 5.32 Å². The first-order valence-corrected chi connectivity index (χ1v) is 16.2. The molecule has 0 bridgehead atoms. The Morgan fingerprint density at radius 1 is 1.10 bits per heavy atom. The highest BCUT2D eigenvalue weighted by Gasteiger charge is 2.30. The summed E-state index contributed by atoms with van der Waals surface area (Å²) in [6.45, 7) is 8.80. The number of piperidine rings is 1. The standard InChI is InChI=1S/C36H48N4O8/c1-7-26-10-8-11-28(20-26)29-22-31(30(37-23-29)12-9-16-46-18-19-47-17-14-34(43)45-6)38-32(41)25-40(35(44)48-36(2,3)4)24-27-13-15-39(5)33(42)21-27/h8,10-11,20,22-23,27H,7,13-19,21,24-25H2,1-6H3,(H,38,41). The van der Waals surface area contributed by atoms with E-state index in [0.717, 1.165) is 23.1 Å². The van der Waals surface area contributed by atoms with Gasteiger partial charge in [0.05, 0.1) is 39.0 Å². The molecule has 0 saturated carbocycles. The number of aromatic nitrogens is 1. The Hall–Kier alpha value is -4.47. The SMILES string of the molecule is CCc1cccc(-c2cnc(C#CCOCCOCCC(=O)OC)c(NC(=O)CN(CC3CCN(C)C(=O)C3)C(=O)OC(C)(C)C)c2)c1. The Kier molecular flexibility index (Phi) is 14.8. The van der Waals surface area contributed by atoms with Gasteiger partial charge in [0.2, 0.25) is 11.8 Å². The number of anilines is 1. The molecule has 0 aliphatic carbocycles. The normalized spacial score (nSPS) is 14.5. The predicted molar refractivity (Wildman–Crippen MR) is 181 cm³/mol. The van der Waals surface area contributed by atoms with Gasteiger partial charge < -0.3 is 29.2 Å². The maximum absolute atomic E-state index is 13.5. The molecule has 1 N–H and O–H groups in total. The number of methoxy groups -OCH3 is 1. The lowest BCUT2D eigenvalue weighted by Crippen LogP contribution is -2.46. The molecule has 1 aromatic heterocycles. The zero-order valence-electron chi connectivity index (χ0n) is 28.9. The Balaban J connectivity index is 1.76. The number of carbonyl (C=O) groups excluding carboxylic acids is 4. The molecule has 1 unspecified atom stereocenters. The van der Waals surface area contributed by atoms with E-state index in [1.807, 2.05) is 24.3 Å². The third kappa shape index (κ3) is 13.0. The Morgan fingerprint density at radius 3 is 2.58 bits per heavy atom. The van der Waals surface area contributed by atoms with Crippen molar-refractivity contribution in [2.75, 3.05) is 65.5 Å². The van der Waals surface area contributed by atoms with Gasteiger partial charge in [-0.15, -0.1) is 0 Å². The van der Waals surface area contributed by atoms with Crippen LogP contribution in [0.25, 0.3) is 11.1 Å². The van der Waals surface area contributed by atoms with E-state index in [0.29, 0.717) is 37.4 Å². The van der Waals surface area contributed by atoms with Crippen LogP contribution in [0, 0.1) is 17.8 Å². The second-order valence-corrected chi connectivity index (χ2v) is 12.6. The average molecular weight is 665 g/mol. The maximum Gasteiger partial charge on any atom is 0.410 e. The van der Waals surface area contributed by atoms with Gasteiger partial charge in [-0.05, 0) is 62.6 Å². The molecule has 1 saturated heterocycles. The van der Waals surface area contributed by atoms with E-state index in [9.17, 15) is 19.2 Å². The summed E-state index contributed by atoms with van der Waals surface area (Å²) >= 11 is 0. The molecule has 1 aliphatic rings. The van der Waals surface area contributed by atoms with Gasteiger partial charge >= 0.3 is 12.1 Å². The second kappa shape index (κ2) is 18.8. The summed E-state index contributed by atoms with van der Waals surface area (Å²) in [6.07, 6.45) is 3.12. The topological polar surface area (TPSA) is 137 Å². The fourth-order valence-corrected chi connectivity index (χ4v) is 4.88. The first-order chi connectivity index (χ1) is 22.9. The molecule has 0 spiro atoms. The third-order valence-electron chi connectivity index (χ3n) is 7.49. The van der Waals surface area contributed by atoms with Crippen molar-refractivity contribution in [2.24, 2.45) is 5.92 Å². The number of aryl methyl sites for hydroxylation is 1. The van der Waals surface area contributed by atoms with Gasteiger partial charge in [0.1, 0.15) is 24.4 Å². The van der Waals surface area contributed by atoms with Crippen LogP contribution in [0.3, 0.4) is 0 Å². The molecular weight excluding hydrogens is 616 g/mol. The van der Waals surface area contributed by atoms with Crippen molar-refractivity contribution in [2.45, 2.75) is 59.0 Å². The molecule has 260 valence electrons. The monoisotopic (exact) mass is 664 g/mol. The van der Waals surface area contributed by atoms with Crippen molar-refractivity contribution >= 4 is 29.6 Å². The van der Waals surface area contributed by atoms with E-state index >= 15 is 0 Å². The van der Waals surface area contributed by atoms with E-state index in [1.165, 1.54) is 12.0 Å². The minimum Gasteiger partial charge on any atom is -0.469 e. The number of esters is 1. The van der Waals surface area contributed by atoms with Crippen LogP contribution >= 0.6 is 0 Å². The van der Waals surface area contributed by atoms with Crippen LogP contribution in [0.4, 0.5) is 10.5 Å². The van der Waals surface area contributed by atoms with E-state index in [2.05, 4.69) is 39.9 Å². The molecule has 48 heavy (non-hydrogen) atoms. The summed E-state index contributed by atoms with van der Waals surface area (Å²) in [4.78, 5) is 57.9. The highest BCUT2D eigenvalue weighted by atomic mass is 16.6. The van der Waals surface area contributed by atoms with Crippen molar-refractivity contribution in [1.29, 1.82) is 0 Å². The second-order valence-electron chi connectivity index (χ2n) is 12.6. The van der Waals surface area contributed by atoms with Gasteiger partial charge in [-0.2, -0.15) is 0 Å². The molecule has 1 aromatic carbocycles. The Bertz CT molecular complexity index is 1480. The molecule has 12 nitrogen and oxygen atoms in total. The number of nitrogens with one attached hydrogen (secondary N) is 1. The van der Waals surface area contributed by atoms with Gasteiger partial charge in [-0.1, -0.05) is 37.1 Å². The van der Waals surface area contributed by atoms with Crippen molar-refractivity contribution in [3.05, 3.63) is 47.8 Å². The number of hydrogen-bond donors (Lipinski definition) is 1. The zero-order chi connectivity index (χ0) is 35.1. The van der Waals surface area contributed by atoms with Crippen LogP contribution in [-0.4, -0.2) is 104 Å². The van der Waals surface area contributed by atoms with E-state index < -0.39 is 17.6 Å². The number of rotatable bonds is 14. The molecule has 0 radical (unpaired) electrons. The number of hydrogen-bond acceptors (Lipinski definition) is 9. The largest absolute Gasteiger partial charge is 0.469 e. The number of pyridine rings is 1. The van der Waals surface area contributed by atoms with Gasteiger partial charge in [-0.25, -0.2) is 9.78 Å². The Labute approximate surface area is 283 Å². The lowest BCUT2D eigenvalue weighted by Gasteiger charge is -2.33. The summed E-state index contributed by atoms with van der Waals surface area (Å²) in [5, 5.41) is 2.91. The number of amides is 3. The summed E-state index contributed by atoms with van der Waals surface area (Å²) in [5.41, 5.74) is 2.85. The lowest BCUT2D eigenvalue weighted by molar-refractivity contribution is -0.142.